The fourth-order valence-corrected chi connectivity index (χ4v) is 3.00. The summed E-state index contributed by atoms with van der Waals surface area (Å²) in [6, 6.07) is 7.15. The molecule has 1 aliphatic rings. The molecule has 25 heavy (non-hydrogen) atoms. The van der Waals surface area contributed by atoms with E-state index in [1.165, 1.54) is 13.3 Å². The number of likely N-dealkylation sites (tertiary alicyclic amines) is 1. The SMILES string of the molecule is CC(=O)c1cccc(Nc2ncc(C(=O)N3CCCC(C)C3)cn2)c1. The van der Waals surface area contributed by atoms with E-state index in [4.69, 9.17) is 0 Å². The van der Waals surface area contributed by atoms with E-state index in [1.807, 2.05) is 11.0 Å². The molecule has 1 saturated heterocycles. The maximum Gasteiger partial charge on any atom is 0.257 e. The Morgan fingerprint density at radius 3 is 2.64 bits per heavy atom. The molecule has 6 heteroatoms. The predicted molar refractivity (Wildman–Crippen MR) is 96.1 cm³/mol. The molecular weight excluding hydrogens is 316 g/mol. The van der Waals surface area contributed by atoms with Gasteiger partial charge in [0.1, 0.15) is 0 Å². The van der Waals surface area contributed by atoms with Crippen molar-refractivity contribution in [1.82, 2.24) is 14.9 Å². The van der Waals surface area contributed by atoms with Gasteiger partial charge in [0.05, 0.1) is 5.56 Å². The van der Waals surface area contributed by atoms with Gasteiger partial charge in [0, 0.05) is 36.7 Å². The lowest BCUT2D eigenvalue weighted by Crippen LogP contribution is -2.39. The molecule has 1 fully saturated rings. The number of nitrogens with one attached hydrogen (secondary N) is 1. The highest BCUT2D eigenvalue weighted by Crippen LogP contribution is 2.18. The van der Waals surface area contributed by atoms with E-state index in [2.05, 4.69) is 22.2 Å². The Balaban J connectivity index is 1.69. The van der Waals surface area contributed by atoms with Crippen LogP contribution in [0.4, 0.5) is 11.6 Å². The second-order valence-electron chi connectivity index (χ2n) is 6.56. The van der Waals surface area contributed by atoms with Crippen LogP contribution in [-0.4, -0.2) is 39.6 Å². The van der Waals surface area contributed by atoms with Gasteiger partial charge in [0.25, 0.3) is 5.91 Å². The molecule has 2 heterocycles. The molecule has 1 amide bonds. The van der Waals surface area contributed by atoms with E-state index < -0.39 is 0 Å². The quantitative estimate of drug-likeness (QED) is 0.866. The third kappa shape index (κ3) is 4.21. The molecule has 1 aromatic heterocycles. The second kappa shape index (κ2) is 7.42. The molecule has 1 atom stereocenters. The first-order valence-corrected chi connectivity index (χ1v) is 8.52. The fraction of sp³-hybridized carbons (Fsp3) is 0.368. The average molecular weight is 338 g/mol. The number of piperidine rings is 1. The van der Waals surface area contributed by atoms with Crippen LogP contribution in [0.5, 0.6) is 0 Å². The van der Waals surface area contributed by atoms with Gasteiger partial charge in [-0.15, -0.1) is 0 Å². The smallest absolute Gasteiger partial charge is 0.257 e. The first-order valence-electron chi connectivity index (χ1n) is 8.52. The normalized spacial score (nSPS) is 17.2. The fourth-order valence-electron chi connectivity index (χ4n) is 3.00. The van der Waals surface area contributed by atoms with Crippen LogP contribution < -0.4 is 5.32 Å². The lowest BCUT2D eigenvalue weighted by molar-refractivity contribution is 0.0682. The number of aromatic nitrogens is 2. The van der Waals surface area contributed by atoms with Crippen LogP contribution in [-0.2, 0) is 0 Å². The van der Waals surface area contributed by atoms with Crippen molar-refractivity contribution in [3.8, 4) is 0 Å². The Morgan fingerprint density at radius 1 is 1.20 bits per heavy atom. The number of ketones is 1. The standard InChI is InChI=1S/C19H22N4O2/c1-13-5-4-8-23(12-13)18(25)16-10-20-19(21-11-16)22-17-7-3-6-15(9-17)14(2)24/h3,6-7,9-11,13H,4-5,8,12H2,1-2H3,(H,20,21,22). The number of benzene rings is 1. The van der Waals surface area contributed by atoms with Gasteiger partial charge in [-0.05, 0) is 37.8 Å². The minimum Gasteiger partial charge on any atom is -0.338 e. The van der Waals surface area contributed by atoms with Crippen LogP contribution in [0.15, 0.2) is 36.7 Å². The number of amides is 1. The highest BCUT2D eigenvalue weighted by atomic mass is 16.2. The molecule has 1 unspecified atom stereocenters. The van der Waals surface area contributed by atoms with E-state index in [0.29, 0.717) is 23.0 Å². The molecule has 130 valence electrons. The molecule has 0 saturated carbocycles. The van der Waals surface area contributed by atoms with Crippen LogP contribution >= 0.6 is 0 Å². The van der Waals surface area contributed by atoms with Crippen molar-refractivity contribution in [2.24, 2.45) is 5.92 Å². The lowest BCUT2D eigenvalue weighted by atomic mass is 10.00. The predicted octanol–water partition coefficient (Wildman–Crippen LogP) is 3.29. The van der Waals surface area contributed by atoms with Crippen LogP contribution in [0.25, 0.3) is 0 Å². The number of Topliss-reactive ketones (excluding diaryl/α,β-unsaturated/α-hetero) is 1. The minimum absolute atomic E-state index is 0.00118. The minimum atomic E-state index is -0.0170. The van der Waals surface area contributed by atoms with Gasteiger partial charge in [0.2, 0.25) is 5.95 Å². The first kappa shape index (κ1) is 17.1. The molecule has 1 aliphatic heterocycles. The van der Waals surface area contributed by atoms with E-state index in [1.54, 1.807) is 30.6 Å². The number of carbonyl (C=O) groups excluding carboxylic acids is 2. The Bertz CT molecular complexity index is 773. The number of carbonyl (C=O) groups is 2. The van der Waals surface area contributed by atoms with E-state index in [-0.39, 0.29) is 11.7 Å². The maximum absolute atomic E-state index is 12.5. The van der Waals surface area contributed by atoms with Crippen LogP contribution in [0.2, 0.25) is 0 Å². The zero-order chi connectivity index (χ0) is 17.8. The van der Waals surface area contributed by atoms with Gasteiger partial charge < -0.3 is 10.2 Å². The summed E-state index contributed by atoms with van der Waals surface area (Å²) in [6.07, 6.45) is 5.31. The number of anilines is 2. The topological polar surface area (TPSA) is 75.2 Å². The van der Waals surface area contributed by atoms with Crippen LogP contribution in [0, 0.1) is 5.92 Å². The Kier molecular flexibility index (Phi) is 5.07. The zero-order valence-corrected chi connectivity index (χ0v) is 14.5. The molecule has 0 bridgehead atoms. The van der Waals surface area contributed by atoms with Crippen molar-refractivity contribution in [1.29, 1.82) is 0 Å². The lowest BCUT2D eigenvalue weighted by Gasteiger charge is -2.30. The van der Waals surface area contributed by atoms with Crippen molar-refractivity contribution in [3.63, 3.8) is 0 Å². The van der Waals surface area contributed by atoms with Crippen molar-refractivity contribution in [2.45, 2.75) is 26.7 Å². The Hall–Kier alpha value is -2.76. The van der Waals surface area contributed by atoms with Crippen molar-refractivity contribution < 1.29 is 9.59 Å². The van der Waals surface area contributed by atoms with Crippen molar-refractivity contribution >= 4 is 23.3 Å². The van der Waals surface area contributed by atoms with Crippen LogP contribution in [0.1, 0.15) is 47.4 Å². The molecule has 0 aliphatic carbocycles. The Labute approximate surface area is 147 Å². The molecular formula is C19H22N4O2. The van der Waals surface area contributed by atoms with Gasteiger partial charge in [0.15, 0.2) is 5.78 Å². The largest absolute Gasteiger partial charge is 0.338 e. The summed E-state index contributed by atoms with van der Waals surface area (Å²) in [5, 5.41) is 3.05. The van der Waals surface area contributed by atoms with E-state index in [9.17, 15) is 9.59 Å². The number of nitrogens with zero attached hydrogens (tertiary/aromatic N) is 3. The van der Waals surface area contributed by atoms with Gasteiger partial charge in [-0.3, -0.25) is 9.59 Å². The summed E-state index contributed by atoms with van der Waals surface area (Å²) in [6.45, 7) is 5.27. The summed E-state index contributed by atoms with van der Waals surface area (Å²) in [5.74, 6) is 0.912. The summed E-state index contributed by atoms with van der Waals surface area (Å²) >= 11 is 0. The molecule has 6 nitrogen and oxygen atoms in total. The summed E-state index contributed by atoms with van der Waals surface area (Å²) < 4.78 is 0. The van der Waals surface area contributed by atoms with E-state index >= 15 is 0 Å². The highest BCUT2D eigenvalue weighted by molar-refractivity contribution is 5.95. The molecule has 2 aromatic rings. The third-order valence-corrected chi connectivity index (χ3v) is 4.37. The average Bonchev–Trinajstić information content (AvgIpc) is 2.62. The van der Waals surface area contributed by atoms with Crippen LogP contribution in [0.3, 0.4) is 0 Å². The van der Waals surface area contributed by atoms with Gasteiger partial charge in [-0.1, -0.05) is 19.1 Å². The van der Waals surface area contributed by atoms with Gasteiger partial charge in [-0.25, -0.2) is 9.97 Å². The molecule has 1 aromatic carbocycles. The van der Waals surface area contributed by atoms with Gasteiger partial charge >= 0.3 is 0 Å². The summed E-state index contributed by atoms with van der Waals surface area (Å²) in [7, 11) is 0. The zero-order valence-electron chi connectivity index (χ0n) is 14.5. The maximum atomic E-state index is 12.5. The second-order valence-corrected chi connectivity index (χ2v) is 6.56. The molecule has 3 rings (SSSR count). The van der Waals surface area contributed by atoms with Crippen molar-refractivity contribution in [3.05, 3.63) is 47.8 Å². The van der Waals surface area contributed by atoms with E-state index in [0.717, 1.165) is 25.2 Å². The number of hydrogen-bond donors (Lipinski definition) is 1. The number of rotatable bonds is 4. The molecule has 0 spiro atoms. The van der Waals surface area contributed by atoms with Crippen molar-refractivity contribution in [2.75, 3.05) is 18.4 Å². The highest BCUT2D eigenvalue weighted by Gasteiger charge is 2.22. The van der Waals surface area contributed by atoms with Gasteiger partial charge in [-0.2, -0.15) is 0 Å². The molecule has 0 radical (unpaired) electrons. The number of hydrogen-bond acceptors (Lipinski definition) is 5. The third-order valence-electron chi connectivity index (χ3n) is 4.37. The summed E-state index contributed by atoms with van der Waals surface area (Å²) in [5.41, 5.74) is 1.85. The first-order chi connectivity index (χ1) is 12.0. The molecule has 1 N–H and O–H groups in total. The summed E-state index contributed by atoms with van der Waals surface area (Å²) in [4.78, 5) is 34.3. The Morgan fingerprint density at radius 2 is 1.96 bits per heavy atom. The monoisotopic (exact) mass is 338 g/mol.